The van der Waals surface area contributed by atoms with Gasteiger partial charge in [0.2, 0.25) is 0 Å². The minimum Gasteiger partial charge on any atom is -0.393 e. The van der Waals surface area contributed by atoms with Crippen LogP contribution in [0.1, 0.15) is 32.7 Å². The van der Waals surface area contributed by atoms with Crippen LogP contribution in [0.4, 0.5) is 17.6 Å². The molecule has 0 saturated heterocycles. The number of hydrogen-bond acceptors (Lipinski definition) is 6. The van der Waals surface area contributed by atoms with Gasteiger partial charge in [-0.3, -0.25) is 14.4 Å². The summed E-state index contributed by atoms with van der Waals surface area (Å²) in [5.74, 6) is 2.62. The second kappa shape index (κ2) is 11.8. The molecule has 0 aromatic heterocycles. The van der Waals surface area contributed by atoms with E-state index in [4.69, 9.17) is 11.6 Å². The molecular formula is C22H23F4N5O3. The number of hydrogen-bond donors (Lipinski definition) is 4. The highest BCUT2D eigenvalue weighted by atomic mass is 19.4. The zero-order chi connectivity index (χ0) is 25.3. The van der Waals surface area contributed by atoms with E-state index in [1.165, 1.54) is 0 Å². The third-order valence-corrected chi connectivity index (χ3v) is 4.50. The van der Waals surface area contributed by atoms with Gasteiger partial charge in [-0.2, -0.15) is 13.2 Å². The van der Waals surface area contributed by atoms with Crippen LogP contribution in [-0.2, 0) is 11.0 Å². The topological polar surface area (TPSA) is 131 Å². The molecule has 6 N–H and O–H groups in total. The summed E-state index contributed by atoms with van der Waals surface area (Å²) in [6.07, 6.45) is -3.56. The number of carbonyl (C=O) groups is 3. The highest BCUT2D eigenvalue weighted by Crippen LogP contribution is 2.30. The molecule has 0 bridgehead atoms. The number of carbonyl (C=O) groups excluding carboxylic acids is 3. The van der Waals surface area contributed by atoms with Crippen molar-refractivity contribution in [1.82, 2.24) is 15.6 Å². The van der Waals surface area contributed by atoms with Gasteiger partial charge in [0.25, 0.3) is 11.8 Å². The zero-order valence-corrected chi connectivity index (χ0v) is 17.9. The molecule has 0 aliphatic carbocycles. The van der Waals surface area contributed by atoms with Crippen molar-refractivity contribution in [1.29, 1.82) is 0 Å². The lowest BCUT2D eigenvalue weighted by Gasteiger charge is -2.15. The fraction of sp³-hybridized carbons (Fsp3) is 0.227. The lowest BCUT2D eigenvalue weighted by atomic mass is 10.1. The Morgan fingerprint density at radius 1 is 1.00 bits per heavy atom. The molecule has 8 nitrogen and oxygen atoms in total. The molecule has 2 amide bonds. The number of rotatable bonds is 10. The lowest BCUT2D eigenvalue weighted by Crippen LogP contribution is -2.38. The molecule has 2 aromatic rings. The van der Waals surface area contributed by atoms with Crippen LogP contribution in [0.3, 0.4) is 0 Å². The van der Waals surface area contributed by atoms with Gasteiger partial charge in [-0.1, -0.05) is 30.3 Å². The Morgan fingerprint density at radius 3 is 2.29 bits per heavy atom. The average molecular weight is 481 g/mol. The van der Waals surface area contributed by atoms with Crippen LogP contribution < -0.4 is 22.2 Å². The van der Waals surface area contributed by atoms with Crippen molar-refractivity contribution < 1.29 is 31.9 Å². The van der Waals surface area contributed by atoms with E-state index in [0.29, 0.717) is 11.6 Å². The molecule has 0 fully saturated rings. The molecule has 0 spiro atoms. The highest BCUT2D eigenvalue weighted by molar-refractivity contribution is 5.97. The van der Waals surface area contributed by atoms with E-state index >= 15 is 0 Å². The third-order valence-electron chi connectivity index (χ3n) is 4.50. The number of ketones is 1. The summed E-state index contributed by atoms with van der Waals surface area (Å²) >= 11 is 0. The van der Waals surface area contributed by atoms with E-state index in [9.17, 15) is 31.9 Å². The van der Waals surface area contributed by atoms with Crippen molar-refractivity contribution in [3.63, 3.8) is 0 Å². The molecule has 0 unspecified atom stereocenters. The van der Waals surface area contributed by atoms with Gasteiger partial charge in [0.15, 0.2) is 5.78 Å². The van der Waals surface area contributed by atoms with Crippen LogP contribution in [-0.4, -0.2) is 42.2 Å². The van der Waals surface area contributed by atoms with Crippen LogP contribution in [0.25, 0.3) is 0 Å². The number of nitrogens with zero attached hydrogens (tertiary/aromatic N) is 1. The SMILES string of the molecule is N/C(=C\N(N)CCNC(=O)c1ccc(C(F)(F)F)cc1F)C(=O)NCCC(=O)c1ccccc1. The van der Waals surface area contributed by atoms with E-state index in [1.807, 2.05) is 0 Å². The number of alkyl halides is 3. The summed E-state index contributed by atoms with van der Waals surface area (Å²) in [7, 11) is 0. The number of hydrazine groups is 1. The normalized spacial score (nSPS) is 11.6. The summed E-state index contributed by atoms with van der Waals surface area (Å²) in [5.41, 5.74) is 4.15. The predicted octanol–water partition coefficient (Wildman–Crippen LogP) is 1.94. The molecule has 2 aromatic carbocycles. The Balaban J connectivity index is 1.77. The Morgan fingerprint density at radius 2 is 1.68 bits per heavy atom. The summed E-state index contributed by atoms with van der Waals surface area (Å²) in [6, 6.07) is 10.1. The van der Waals surface area contributed by atoms with Crippen LogP contribution in [0.2, 0.25) is 0 Å². The first-order valence-corrected chi connectivity index (χ1v) is 9.99. The van der Waals surface area contributed by atoms with Crippen molar-refractivity contribution in [3.05, 3.63) is 82.9 Å². The second-order valence-corrected chi connectivity index (χ2v) is 7.07. The van der Waals surface area contributed by atoms with E-state index in [0.717, 1.165) is 17.3 Å². The monoisotopic (exact) mass is 481 g/mol. The van der Waals surface area contributed by atoms with Gasteiger partial charge in [-0.05, 0) is 18.2 Å². The second-order valence-electron chi connectivity index (χ2n) is 7.07. The van der Waals surface area contributed by atoms with Gasteiger partial charge >= 0.3 is 6.18 Å². The molecular weight excluding hydrogens is 458 g/mol. The fourth-order valence-electron chi connectivity index (χ4n) is 2.73. The maximum absolute atomic E-state index is 13.8. The van der Waals surface area contributed by atoms with E-state index in [-0.39, 0.29) is 43.6 Å². The summed E-state index contributed by atoms with van der Waals surface area (Å²) in [5, 5.41) is 5.78. The first-order valence-electron chi connectivity index (χ1n) is 9.99. The first kappa shape index (κ1) is 26.3. The van der Waals surface area contributed by atoms with Crippen molar-refractivity contribution in [2.24, 2.45) is 11.6 Å². The first-order chi connectivity index (χ1) is 16.0. The van der Waals surface area contributed by atoms with Gasteiger partial charge < -0.3 is 21.4 Å². The molecule has 182 valence electrons. The van der Waals surface area contributed by atoms with Crippen LogP contribution >= 0.6 is 0 Å². The van der Waals surface area contributed by atoms with Gasteiger partial charge in [-0.15, -0.1) is 0 Å². The number of benzene rings is 2. The predicted molar refractivity (Wildman–Crippen MR) is 115 cm³/mol. The van der Waals surface area contributed by atoms with Gasteiger partial charge in [0, 0.05) is 31.3 Å². The maximum Gasteiger partial charge on any atom is 0.416 e. The van der Waals surface area contributed by atoms with Crippen molar-refractivity contribution in [3.8, 4) is 0 Å². The number of halogens is 4. The quantitative estimate of drug-likeness (QED) is 0.135. The van der Waals surface area contributed by atoms with Crippen molar-refractivity contribution in [2.45, 2.75) is 12.6 Å². The van der Waals surface area contributed by atoms with Gasteiger partial charge in [-0.25, -0.2) is 10.2 Å². The molecule has 12 heteroatoms. The van der Waals surface area contributed by atoms with Gasteiger partial charge in [0.05, 0.1) is 17.7 Å². The summed E-state index contributed by atoms with van der Waals surface area (Å²) in [6.45, 7) is -0.109. The molecule has 0 heterocycles. The van der Waals surface area contributed by atoms with E-state index < -0.39 is 34.9 Å². The molecule has 0 aliphatic heterocycles. The molecule has 0 saturated carbocycles. The van der Waals surface area contributed by atoms with Crippen LogP contribution in [0.5, 0.6) is 0 Å². The summed E-state index contributed by atoms with van der Waals surface area (Å²) < 4.78 is 51.6. The van der Waals surface area contributed by atoms with Crippen molar-refractivity contribution >= 4 is 17.6 Å². The molecule has 2 rings (SSSR count). The largest absolute Gasteiger partial charge is 0.416 e. The smallest absolute Gasteiger partial charge is 0.393 e. The molecule has 0 aliphatic rings. The number of amides is 2. The number of nitrogens with two attached hydrogens (primary N) is 2. The minimum absolute atomic E-state index is 0.0472. The van der Waals surface area contributed by atoms with Crippen LogP contribution in [0.15, 0.2) is 60.4 Å². The van der Waals surface area contributed by atoms with E-state index in [1.54, 1.807) is 30.3 Å². The zero-order valence-electron chi connectivity index (χ0n) is 17.9. The summed E-state index contributed by atoms with van der Waals surface area (Å²) in [4.78, 5) is 36.0. The maximum atomic E-state index is 13.8. The van der Waals surface area contributed by atoms with Crippen molar-refractivity contribution in [2.75, 3.05) is 19.6 Å². The fourth-order valence-corrected chi connectivity index (χ4v) is 2.73. The number of Topliss-reactive ketones (excluding diaryl/α,β-unsaturated/α-hetero) is 1. The molecule has 34 heavy (non-hydrogen) atoms. The Kier molecular flexibility index (Phi) is 9.13. The highest BCUT2D eigenvalue weighted by Gasteiger charge is 2.31. The molecule has 0 atom stereocenters. The Bertz CT molecular complexity index is 1060. The Labute approximate surface area is 192 Å². The lowest BCUT2D eigenvalue weighted by molar-refractivity contribution is -0.137. The van der Waals surface area contributed by atoms with E-state index in [2.05, 4.69) is 10.6 Å². The molecule has 0 radical (unpaired) electrons. The standard InChI is InChI=1S/C22H23F4N5O3/c23-17-12-15(22(24,25)26)6-7-16(17)20(33)30-10-11-31(28)13-18(27)21(34)29-9-8-19(32)14-4-2-1-3-5-14/h1-7,12-13H,8-11,27-28H2,(H,29,34)(H,30,33)/b18-13-. The minimum atomic E-state index is -4.73. The van der Waals surface area contributed by atoms with Gasteiger partial charge in [0.1, 0.15) is 11.5 Å². The Hall–Kier alpha value is -3.93. The number of nitrogens with one attached hydrogen (secondary N) is 2. The average Bonchev–Trinajstić information content (AvgIpc) is 2.78. The van der Waals surface area contributed by atoms with Crippen LogP contribution in [0, 0.1) is 5.82 Å². The third kappa shape index (κ3) is 7.89.